The summed E-state index contributed by atoms with van der Waals surface area (Å²) in [7, 11) is 1.53. The number of nitrogens with one attached hydrogen (secondary N) is 1. The highest BCUT2D eigenvalue weighted by atomic mass is 19.1. The molecule has 1 N–H and O–H groups in total. The summed E-state index contributed by atoms with van der Waals surface area (Å²) < 4.78 is 29.5. The number of benzene rings is 2. The number of amides is 1. The zero-order valence-corrected chi connectivity index (χ0v) is 17.3. The third-order valence-electron chi connectivity index (χ3n) is 4.17. The monoisotopic (exact) mass is 441 g/mol. The van der Waals surface area contributed by atoms with Gasteiger partial charge >= 0.3 is 5.97 Å². The quantitative estimate of drug-likeness (QED) is 0.535. The van der Waals surface area contributed by atoms with E-state index < -0.39 is 29.9 Å². The van der Waals surface area contributed by atoms with Crippen molar-refractivity contribution in [3.05, 3.63) is 76.5 Å². The van der Waals surface area contributed by atoms with Crippen molar-refractivity contribution in [2.45, 2.75) is 6.92 Å². The van der Waals surface area contributed by atoms with Gasteiger partial charge in [0.2, 0.25) is 5.69 Å². The Labute approximate surface area is 182 Å². The minimum Gasteiger partial charge on any atom is -0.497 e. The van der Waals surface area contributed by atoms with Gasteiger partial charge in [-0.05, 0) is 55.5 Å². The van der Waals surface area contributed by atoms with Crippen molar-refractivity contribution in [3.63, 3.8) is 0 Å². The molecule has 0 atom stereocenters. The number of hydrogen-bond donors (Lipinski definition) is 1. The van der Waals surface area contributed by atoms with Crippen LogP contribution in [0, 0.1) is 5.82 Å². The van der Waals surface area contributed by atoms with Gasteiger partial charge in [-0.25, -0.2) is 9.18 Å². The number of ether oxygens (including phenoxy) is 3. The second kappa shape index (κ2) is 10.2. The van der Waals surface area contributed by atoms with Crippen LogP contribution in [-0.2, 0) is 9.53 Å². The zero-order valence-electron chi connectivity index (χ0n) is 17.3. The molecule has 0 radical (unpaired) electrons. The number of aromatic nitrogens is 2. The van der Waals surface area contributed by atoms with Crippen LogP contribution in [0.5, 0.6) is 11.5 Å². The second-order valence-corrected chi connectivity index (χ2v) is 6.37. The Hall–Kier alpha value is -4.21. The molecule has 2 aromatic carbocycles. The Bertz CT molecular complexity index is 1160. The smallest absolute Gasteiger partial charge is 0.362 e. The van der Waals surface area contributed by atoms with Crippen LogP contribution in [-0.4, -0.2) is 42.0 Å². The number of rotatable bonds is 8. The molecule has 0 spiro atoms. The molecular weight excluding hydrogens is 421 g/mol. The van der Waals surface area contributed by atoms with Crippen LogP contribution in [0.15, 0.2) is 59.4 Å². The molecule has 3 aromatic rings. The largest absolute Gasteiger partial charge is 0.497 e. The number of methoxy groups -OCH3 is 1. The van der Waals surface area contributed by atoms with E-state index in [0.29, 0.717) is 11.4 Å². The molecule has 1 heterocycles. The lowest BCUT2D eigenvalue weighted by Crippen LogP contribution is -2.27. The summed E-state index contributed by atoms with van der Waals surface area (Å²) in [5, 5.41) is 6.63. The number of carbonyl (C=O) groups excluding carboxylic acids is 2. The van der Waals surface area contributed by atoms with Gasteiger partial charge < -0.3 is 19.5 Å². The summed E-state index contributed by atoms with van der Waals surface area (Å²) in [5.74, 6) is -1.43. The van der Waals surface area contributed by atoms with Crippen LogP contribution < -0.4 is 20.3 Å². The van der Waals surface area contributed by atoms with E-state index in [1.165, 1.54) is 19.2 Å². The average Bonchev–Trinajstić information content (AvgIpc) is 2.79. The molecule has 0 aliphatic carbocycles. The third-order valence-corrected chi connectivity index (χ3v) is 4.17. The molecule has 166 valence electrons. The molecular formula is C22H20FN3O6. The predicted molar refractivity (Wildman–Crippen MR) is 113 cm³/mol. The van der Waals surface area contributed by atoms with Gasteiger partial charge in [0.25, 0.3) is 11.5 Å². The fraction of sp³-hybridized carbons (Fsp3) is 0.182. The highest BCUT2D eigenvalue weighted by Crippen LogP contribution is 2.18. The topological polar surface area (TPSA) is 109 Å². The predicted octanol–water partition coefficient (Wildman–Crippen LogP) is 2.57. The average molecular weight is 441 g/mol. The molecule has 0 saturated carbocycles. The second-order valence-electron chi connectivity index (χ2n) is 6.37. The molecule has 0 unspecified atom stereocenters. The van der Waals surface area contributed by atoms with Crippen LogP contribution in [0.2, 0.25) is 0 Å². The Morgan fingerprint density at radius 3 is 2.41 bits per heavy atom. The van der Waals surface area contributed by atoms with Crippen LogP contribution in [0.3, 0.4) is 0 Å². The highest BCUT2D eigenvalue weighted by molar-refractivity contribution is 5.93. The Balaban J connectivity index is 1.81. The highest BCUT2D eigenvalue weighted by Gasteiger charge is 2.20. The SMILES string of the molecule is CCOC(=O)c1nn(-c2ccc(F)cc2)c(=O)cc1OCC(=O)Nc1ccc(OC)cc1. The summed E-state index contributed by atoms with van der Waals surface area (Å²) in [6.45, 7) is 1.18. The summed E-state index contributed by atoms with van der Waals surface area (Å²) >= 11 is 0. The molecule has 0 bridgehead atoms. The number of nitrogens with zero attached hydrogens (tertiary/aromatic N) is 2. The molecule has 32 heavy (non-hydrogen) atoms. The van der Waals surface area contributed by atoms with E-state index in [2.05, 4.69) is 10.4 Å². The van der Waals surface area contributed by atoms with Crippen molar-refractivity contribution < 1.29 is 28.2 Å². The summed E-state index contributed by atoms with van der Waals surface area (Å²) in [6.07, 6.45) is 0. The summed E-state index contributed by atoms with van der Waals surface area (Å²) in [5.41, 5.74) is -0.191. The van der Waals surface area contributed by atoms with Crippen molar-refractivity contribution in [3.8, 4) is 17.2 Å². The summed E-state index contributed by atoms with van der Waals surface area (Å²) in [4.78, 5) is 37.1. The van der Waals surface area contributed by atoms with Crippen molar-refractivity contribution >= 4 is 17.6 Å². The van der Waals surface area contributed by atoms with Gasteiger partial charge in [-0.3, -0.25) is 9.59 Å². The van der Waals surface area contributed by atoms with Crippen molar-refractivity contribution in [2.75, 3.05) is 25.6 Å². The van der Waals surface area contributed by atoms with Gasteiger partial charge in [-0.1, -0.05) is 0 Å². The lowest BCUT2D eigenvalue weighted by atomic mass is 10.3. The van der Waals surface area contributed by atoms with E-state index in [-0.39, 0.29) is 23.7 Å². The number of anilines is 1. The number of halogens is 1. The molecule has 10 heteroatoms. The Morgan fingerprint density at radius 1 is 1.09 bits per heavy atom. The molecule has 1 aromatic heterocycles. The van der Waals surface area contributed by atoms with Gasteiger partial charge in [0.15, 0.2) is 12.4 Å². The first-order valence-electron chi connectivity index (χ1n) is 9.55. The maximum atomic E-state index is 13.2. The van der Waals surface area contributed by atoms with Crippen molar-refractivity contribution in [1.82, 2.24) is 9.78 Å². The molecule has 0 fully saturated rings. The molecule has 0 aliphatic heterocycles. The minimum atomic E-state index is -0.839. The molecule has 1 amide bonds. The molecule has 3 rings (SSSR count). The Kier molecular flexibility index (Phi) is 7.17. The van der Waals surface area contributed by atoms with E-state index >= 15 is 0 Å². The zero-order chi connectivity index (χ0) is 23.1. The van der Waals surface area contributed by atoms with Crippen LogP contribution in [0.1, 0.15) is 17.4 Å². The maximum absolute atomic E-state index is 13.2. The van der Waals surface area contributed by atoms with E-state index in [0.717, 1.165) is 22.9 Å². The number of esters is 1. The fourth-order valence-corrected chi connectivity index (χ4v) is 2.67. The van der Waals surface area contributed by atoms with Gasteiger partial charge in [0, 0.05) is 5.69 Å². The standard InChI is InChI=1S/C22H20FN3O6/c1-3-31-22(29)21-18(12-20(28)26(25-21)16-8-4-14(23)5-9-16)32-13-19(27)24-15-6-10-17(30-2)11-7-15/h4-12H,3,13H2,1-2H3,(H,24,27). The van der Waals surface area contributed by atoms with E-state index in [4.69, 9.17) is 14.2 Å². The molecule has 0 aliphatic rings. The maximum Gasteiger partial charge on any atom is 0.362 e. The molecule has 0 saturated heterocycles. The van der Waals surface area contributed by atoms with Gasteiger partial charge in [0.1, 0.15) is 11.6 Å². The van der Waals surface area contributed by atoms with Crippen LogP contribution >= 0.6 is 0 Å². The van der Waals surface area contributed by atoms with E-state index in [9.17, 15) is 18.8 Å². The Morgan fingerprint density at radius 2 is 1.78 bits per heavy atom. The molecule has 9 nitrogen and oxygen atoms in total. The fourth-order valence-electron chi connectivity index (χ4n) is 2.67. The summed E-state index contributed by atoms with van der Waals surface area (Å²) in [6, 6.07) is 12.6. The first-order valence-corrected chi connectivity index (χ1v) is 9.55. The van der Waals surface area contributed by atoms with Crippen molar-refractivity contribution in [1.29, 1.82) is 0 Å². The van der Waals surface area contributed by atoms with Gasteiger partial charge in [-0.2, -0.15) is 9.78 Å². The van der Waals surface area contributed by atoms with Gasteiger partial charge in [0.05, 0.1) is 25.5 Å². The minimum absolute atomic E-state index is 0.0631. The number of carbonyl (C=O) groups is 2. The first kappa shape index (κ1) is 22.5. The normalized spacial score (nSPS) is 10.3. The van der Waals surface area contributed by atoms with Gasteiger partial charge in [-0.15, -0.1) is 0 Å². The van der Waals surface area contributed by atoms with E-state index in [1.54, 1.807) is 31.2 Å². The van der Waals surface area contributed by atoms with Crippen LogP contribution in [0.4, 0.5) is 10.1 Å². The van der Waals surface area contributed by atoms with Crippen molar-refractivity contribution in [2.24, 2.45) is 0 Å². The lowest BCUT2D eigenvalue weighted by Gasteiger charge is -2.13. The third kappa shape index (κ3) is 5.48. The first-order chi connectivity index (χ1) is 15.4. The van der Waals surface area contributed by atoms with E-state index in [1.807, 2.05) is 0 Å². The number of hydrogen-bond acceptors (Lipinski definition) is 7. The van der Waals surface area contributed by atoms with Crippen LogP contribution in [0.25, 0.3) is 5.69 Å². The lowest BCUT2D eigenvalue weighted by molar-refractivity contribution is -0.118.